The molecular formula is C8H11NOS2. The van der Waals surface area contributed by atoms with E-state index in [1.807, 2.05) is 17.5 Å². The van der Waals surface area contributed by atoms with Crippen LogP contribution in [0.1, 0.15) is 17.1 Å². The zero-order valence-corrected chi connectivity index (χ0v) is 8.31. The SMILES string of the molecule is OCc1csc(C=CCCS)n1. The lowest BCUT2D eigenvalue weighted by atomic mass is 10.4. The predicted octanol–water partition coefficient (Wildman–Crippen LogP) is 1.97. The van der Waals surface area contributed by atoms with Crippen molar-refractivity contribution in [1.29, 1.82) is 0 Å². The highest BCUT2D eigenvalue weighted by Crippen LogP contribution is 2.11. The zero-order valence-electron chi connectivity index (χ0n) is 6.60. The number of aromatic nitrogens is 1. The fourth-order valence-electron chi connectivity index (χ4n) is 0.730. The minimum Gasteiger partial charge on any atom is -0.390 e. The molecule has 0 atom stereocenters. The highest BCUT2D eigenvalue weighted by molar-refractivity contribution is 7.80. The Labute approximate surface area is 81.4 Å². The molecule has 0 spiro atoms. The molecule has 0 radical (unpaired) electrons. The van der Waals surface area contributed by atoms with Gasteiger partial charge in [-0.15, -0.1) is 11.3 Å². The number of thiazole rings is 1. The average molecular weight is 201 g/mol. The summed E-state index contributed by atoms with van der Waals surface area (Å²) in [5.41, 5.74) is 0.741. The summed E-state index contributed by atoms with van der Waals surface area (Å²) in [4.78, 5) is 4.16. The van der Waals surface area contributed by atoms with Gasteiger partial charge in [0, 0.05) is 5.38 Å². The van der Waals surface area contributed by atoms with E-state index in [1.54, 1.807) is 11.3 Å². The summed E-state index contributed by atoms with van der Waals surface area (Å²) in [5.74, 6) is 0.856. The molecule has 1 aromatic heterocycles. The second-order valence-corrected chi connectivity index (χ2v) is 3.59. The quantitative estimate of drug-likeness (QED) is 0.730. The lowest BCUT2D eigenvalue weighted by Gasteiger charge is -1.84. The Bertz CT molecular complexity index is 257. The maximum atomic E-state index is 8.73. The molecule has 4 heteroatoms. The summed E-state index contributed by atoms with van der Waals surface area (Å²) in [6, 6.07) is 0. The minimum atomic E-state index is 0.0247. The molecule has 1 N–H and O–H groups in total. The van der Waals surface area contributed by atoms with Gasteiger partial charge in [0.1, 0.15) is 5.01 Å². The third-order valence-electron chi connectivity index (χ3n) is 1.29. The van der Waals surface area contributed by atoms with Crippen LogP contribution in [-0.4, -0.2) is 15.8 Å². The van der Waals surface area contributed by atoms with Gasteiger partial charge in [-0.05, 0) is 18.2 Å². The van der Waals surface area contributed by atoms with Crippen LogP contribution in [0.4, 0.5) is 0 Å². The van der Waals surface area contributed by atoms with Gasteiger partial charge in [0.05, 0.1) is 12.3 Å². The number of aliphatic hydroxyl groups excluding tert-OH is 1. The zero-order chi connectivity index (χ0) is 8.81. The van der Waals surface area contributed by atoms with Gasteiger partial charge in [-0.3, -0.25) is 0 Å². The number of hydrogen-bond donors (Lipinski definition) is 2. The first kappa shape index (κ1) is 9.77. The van der Waals surface area contributed by atoms with E-state index >= 15 is 0 Å². The maximum Gasteiger partial charge on any atom is 0.116 e. The number of hydrogen-bond acceptors (Lipinski definition) is 4. The van der Waals surface area contributed by atoms with Crippen molar-refractivity contribution in [1.82, 2.24) is 4.98 Å². The monoisotopic (exact) mass is 201 g/mol. The van der Waals surface area contributed by atoms with E-state index in [-0.39, 0.29) is 6.61 Å². The third kappa shape index (κ3) is 2.97. The number of aliphatic hydroxyl groups is 1. The van der Waals surface area contributed by atoms with Crippen molar-refractivity contribution < 1.29 is 5.11 Å². The number of rotatable bonds is 4. The first-order valence-electron chi connectivity index (χ1n) is 3.69. The van der Waals surface area contributed by atoms with Crippen molar-refractivity contribution in [3.8, 4) is 0 Å². The van der Waals surface area contributed by atoms with E-state index in [0.717, 1.165) is 22.9 Å². The molecule has 0 fully saturated rings. The molecule has 1 aromatic rings. The van der Waals surface area contributed by atoms with Crippen molar-refractivity contribution in [2.75, 3.05) is 5.75 Å². The summed E-state index contributed by atoms with van der Waals surface area (Å²) in [6.07, 6.45) is 4.95. The van der Waals surface area contributed by atoms with Crippen molar-refractivity contribution in [3.05, 3.63) is 22.2 Å². The minimum absolute atomic E-state index is 0.0247. The van der Waals surface area contributed by atoms with Crippen LogP contribution in [0.5, 0.6) is 0 Å². The van der Waals surface area contributed by atoms with Crippen molar-refractivity contribution in [2.45, 2.75) is 13.0 Å². The lowest BCUT2D eigenvalue weighted by molar-refractivity contribution is 0.277. The van der Waals surface area contributed by atoms with Crippen molar-refractivity contribution >= 4 is 30.0 Å². The van der Waals surface area contributed by atoms with Crippen LogP contribution in [0.15, 0.2) is 11.5 Å². The lowest BCUT2D eigenvalue weighted by Crippen LogP contribution is -1.80. The molecule has 0 aliphatic rings. The largest absolute Gasteiger partial charge is 0.390 e. The smallest absolute Gasteiger partial charge is 0.116 e. The second kappa shape index (κ2) is 5.35. The molecule has 2 nitrogen and oxygen atoms in total. The fraction of sp³-hybridized carbons (Fsp3) is 0.375. The van der Waals surface area contributed by atoms with Gasteiger partial charge in [0.2, 0.25) is 0 Å². The van der Waals surface area contributed by atoms with Crippen LogP contribution in [0.3, 0.4) is 0 Å². The van der Waals surface area contributed by atoms with Gasteiger partial charge >= 0.3 is 0 Å². The first-order valence-corrected chi connectivity index (χ1v) is 5.20. The van der Waals surface area contributed by atoms with E-state index in [4.69, 9.17) is 5.11 Å². The summed E-state index contributed by atoms with van der Waals surface area (Å²) in [6.45, 7) is 0.0247. The van der Waals surface area contributed by atoms with Crippen molar-refractivity contribution in [2.24, 2.45) is 0 Å². The molecule has 0 aliphatic carbocycles. The molecule has 0 saturated carbocycles. The topological polar surface area (TPSA) is 33.1 Å². The fourth-order valence-corrected chi connectivity index (χ4v) is 1.61. The molecular weight excluding hydrogens is 190 g/mol. The summed E-state index contributed by atoms with van der Waals surface area (Å²) in [7, 11) is 0. The summed E-state index contributed by atoms with van der Waals surface area (Å²) < 4.78 is 0. The Hall–Kier alpha value is -0.320. The highest BCUT2D eigenvalue weighted by Gasteiger charge is 1.95. The van der Waals surface area contributed by atoms with Crippen LogP contribution in [-0.2, 0) is 6.61 Å². The van der Waals surface area contributed by atoms with Crippen LogP contribution < -0.4 is 0 Å². The Balaban J connectivity index is 2.51. The van der Waals surface area contributed by atoms with Gasteiger partial charge < -0.3 is 5.11 Å². The molecule has 0 unspecified atom stereocenters. The Morgan fingerprint density at radius 3 is 3.08 bits per heavy atom. The number of thiol groups is 1. The van der Waals surface area contributed by atoms with Crippen LogP contribution in [0.2, 0.25) is 0 Å². The normalized spacial score (nSPS) is 11.2. The van der Waals surface area contributed by atoms with Gasteiger partial charge in [0.15, 0.2) is 0 Å². The number of nitrogens with zero attached hydrogens (tertiary/aromatic N) is 1. The molecule has 0 amide bonds. The molecule has 1 heterocycles. The van der Waals surface area contributed by atoms with Crippen molar-refractivity contribution in [3.63, 3.8) is 0 Å². The van der Waals surface area contributed by atoms with Gasteiger partial charge in [-0.2, -0.15) is 12.6 Å². The second-order valence-electron chi connectivity index (χ2n) is 2.25. The molecule has 12 heavy (non-hydrogen) atoms. The summed E-state index contributed by atoms with van der Waals surface area (Å²) >= 11 is 5.62. The maximum absolute atomic E-state index is 8.73. The van der Waals surface area contributed by atoms with Gasteiger partial charge in [-0.25, -0.2) is 4.98 Å². The van der Waals surface area contributed by atoms with E-state index in [9.17, 15) is 0 Å². The molecule has 0 bridgehead atoms. The predicted molar refractivity (Wildman–Crippen MR) is 55.5 cm³/mol. The molecule has 1 rings (SSSR count). The highest BCUT2D eigenvalue weighted by atomic mass is 32.1. The standard InChI is InChI=1S/C8H11NOS2/c10-5-7-6-12-8(9-7)3-1-2-4-11/h1,3,6,10-11H,2,4-5H2. The van der Waals surface area contributed by atoms with E-state index in [0.29, 0.717) is 0 Å². The number of allylic oxidation sites excluding steroid dienone is 1. The molecule has 0 saturated heterocycles. The average Bonchev–Trinajstić information content (AvgIpc) is 2.53. The third-order valence-corrected chi connectivity index (χ3v) is 2.40. The Morgan fingerprint density at radius 2 is 2.50 bits per heavy atom. The Morgan fingerprint density at radius 1 is 1.67 bits per heavy atom. The van der Waals surface area contributed by atoms with E-state index in [1.165, 1.54) is 0 Å². The van der Waals surface area contributed by atoms with E-state index in [2.05, 4.69) is 17.6 Å². The molecule has 66 valence electrons. The molecule has 0 aromatic carbocycles. The van der Waals surface area contributed by atoms with Crippen LogP contribution >= 0.6 is 24.0 Å². The Kier molecular flexibility index (Phi) is 4.35. The summed E-state index contributed by atoms with van der Waals surface area (Å²) in [5, 5.41) is 11.5. The van der Waals surface area contributed by atoms with E-state index < -0.39 is 0 Å². The molecule has 0 aliphatic heterocycles. The first-order chi connectivity index (χ1) is 5.86. The van der Waals surface area contributed by atoms with Gasteiger partial charge in [-0.1, -0.05) is 6.08 Å². The van der Waals surface area contributed by atoms with Crippen LogP contribution in [0, 0.1) is 0 Å². The van der Waals surface area contributed by atoms with Crippen LogP contribution in [0.25, 0.3) is 6.08 Å². The van der Waals surface area contributed by atoms with Gasteiger partial charge in [0.25, 0.3) is 0 Å².